The third-order valence-electron chi connectivity index (χ3n) is 3.21. The van der Waals surface area contributed by atoms with E-state index in [1.54, 1.807) is 0 Å². The maximum Gasteiger partial charge on any atom is 0.228 e. The first-order valence-electron chi connectivity index (χ1n) is 5.36. The highest BCUT2D eigenvalue weighted by molar-refractivity contribution is 5.81. The van der Waals surface area contributed by atoms with Crippen molar-refractivity contribution in [2.75, 3.05) is 19.7 Å². The summed E-state index contributed by atoms with van der Waals surface area (Å²) < 4.78 is 5.58. The van der Waals surface area contributed by atoms with Crippen molar-refractivity contribution < 1.29 is 9.53 Å². The molecule has 2 aliphatic rings. The molecule has 0 N–H and O–H groups in total. The number of ether oxygens (including phenoxy) is 1. The first-order valence-corrected chi connectivity index (χ1v) is 5.36. The number of amides is 1. The molecule has 1 spiro atoms. The van der Waals surface area contributed by atoms with Crippen LogP contribution in [-0.4, -0.2) is 36.1 Å². The molecule has 0 radical (unpaired) electrons. The van der Waals surface area contributed by atoms with Gasteiger partial charge in [0, 0.05) is 24.9 Å². The fourth-order valence-corrected chi connectivity index (χ4v) is 2.20. The van der Waals surface area contributed by atoms with Gasteiger partial charge in [-0.25, -0.2) is 0 Å². The predicted molar refractivity (Wildman–Crippen MR) is 54.0 cm³/mol. The molecule has 80 valence electrons. The Balaban J connectivity index is 1.98. The van der Waals surface area contributed by atoms with Gasteiger partial charge in [-0.2, -0.15) is 0 Å². The summed E-state index contributed by atoms with van der Waals surface area (Å²) in [6.07, 6.45) is 2.15. The number of carbonyl (C=O) groups is 1. The van der Waals surface area contributed by atoms with Crippen molar-refractivity contribution in [3.05, 3.63) is 0 Å². The van der Waals surface area contributed by atoms with E-state index in [1.165, 1.54) is 0 Å². The Hall–Kier alpha value is -0.570. The van der Waals surface area contributed by atoms with Crippen molar-refractivity contribution in [3.63, 3.8) is 0 Å². The molecule has 0 saturated carbocycles. The summed E-state index contributed by atoms with van der Waals surface area (Å²) in [7, 11) is 0. The zero-order valence-corrected chi connectivity index (χ0v) is 9.30. The van der Waals surface area contributed by atoms with E-state index in [-0.39, 0.29) is 16.9 Å². The van der Waals surface area contributed by atoms with Gasteiger partial charge in [0.1, 0.15) is 0 Å². The number of nitrogens with zero attached hydrogens (tertiary/aromatic N) is 1. The summed E-state index contributed by atoms with van der Waals surface area (Å²) in [5.74, 6) is 0.255. The zero-order valence-electron chi connectivity index (χ0n) is 9.30. The average molecular weight is 197 g/mol. The first-order chi connectivity index (χ1) is 6.43. The monoisotopic (exact) mass is 197 g/mol. The molecule has 2 heterocycles. The molecule has 0 aliphatic carbocycles. The summed E-state index contributed by atoms with van der Waals surface area (Å²) >= 11 is 0. The number of likely N-dealkylation sites (tertiary alicyclic amines) is 1. The quantitative estimate of drug-likeness (QED) is 0.588. The first kappa shape index (κ1) is 9.97. The van der Waals surface area contributed by atoms with E-state index in [9.17, 15) is 4.79 Å². The number of hydrogen-bond acceptors (Lipinski definition) is 2. The van der Waals surface area contributed by atoms with Crippen LogP contribution in [0.3, 0.4) is 0 Å². The lowest BCUT2D eigenvalue weighted by atomic mass is 9.93. The fraction of sp³-hybridized carbons (Fsp3) is 0.909. The van der Waals surface area contributed by atoms with Gasteiger partial charge in [0.05, 0.1) is 12.2 Å². The van der Waals surface area contributed by atoms with E-state index in [0.717, 1.165) is 32.5 Å². The van der Waals surface area contributed by atoms with Gasteiger partial charge in [0.25, 0.3) is 0 Å². The van der Waals surface area contributed by atoms with Crippen LogP contribution in [-0.2, 0) is 9.53 Å². The highest BCUT2D eigenvalue weighted by Gasteiger charge is 2.46. The predicted octanol–water partition coefficient (Wildman–Crippen LogP) is 1.42. The summed E-state index contributed by atoms with van der Waals surface area (Å²) in [4.78, 5) is 13.9. The third-order valence-corrected chi connectivity index (χ3v) is 3.21. The van der Waals surface area contributed by atoms with Crippen molar-refractivity contribution >= 4 is 5.91 Å². The second-order valence-corrected chi connectivity index (χ2v) is 5.51. The molecule has 0 aromatic heterocycles. The molecule has 2 rings (SSSR count). The van der Waals surface area contributed by atoms with E-state index in [2.05, 4.69) is 0 Å². The second-order valence-electron chi connectivity index (χ2n) is 5.51. The lowest BCUT2D eigenvalue weighted by Gasteiger charge is -2.38. The average Bonchev–Trinajstić information content (AvgIpc) is 2.44. The minimum atomic E-state index is -0.255. The minimum absolute atomic E-state index is 0.0426. The van der Waals surface area contributed by atoms with Crippen molar-refractivity contribution in [2.45, 2.75) is 39.2 Å². The smallest absolute Gasteiger partial charge is 0.228 e. The van der Waals surface area contributed by atoms with Crippen LogP contribution in [0.5, 0.6) is 0 Å². The Kier molecular flexibility index (Phi) is 2.11. The van der Waals surface area contributed by atoms with Gasteiger partial charge in [-0.3, -0.25) is 4.79 Å². The maximum absolute atomic E-state index is 12.0. The number of rotatable bonds is 0. The SMILES string of the molecule is CC(C)(C)C(=O)N1CCC2(CCO2)C1. The Morgan fingerprint density at radius 3 is 2.36 bits per heavy atom. The molecule has 3 heteroatoms. The van der Waals surface area contributed by atoms with Gasteiger partial charge < -0.3 is 9.64 Å². The number of carbonyl (C=O) groups excluding carboxylic acids is 1. The topological polar surface area (TPSA) is 29.5 Å². The van der Waals surface area contributed by atoms with Gasteiger partial charge in [-0.1, -0.05) is 20.8 Å². The van der Waals surface area contributed by atoms with Crippen LogP contribution in [0.2, 0.25) is 0 Å². The third kappa shape index (κ3) is 1.54. The lowest BCUT2D eigenvalue weighted by molar-refractivity contribution is -0.150. The van der Waals surface area contributed by atoms with Gasteiger partial charge >= 0.3 is 0 Å². The van der Waals surface area contributed by atoms with Crippen LogP contribution in [0.4, 0.5) is 0 Å². The van der Waals surface area contributed by atoms with Crippen molar-refractivity contribution in [1.82, 2.24) is 4.90 Å². The fourth-order valence-electron chi connectivity index (χ4n) is 2.20. The van der Waals surface area contributed by atoms with E-state index < -0.39 is 0 Å². The standard InChI is InChI=1S/C11H19NO2/c1-10(2,3)9(13)12-6-4-11(8-12)5-7-14-11/h4-8H2,1-3H3. The molecule has 0 aromatic rings. The largest absolute Gasteiger partial charge is 0.373 e. The molecular formula is C11H19NO2. The van der Waals surface area contributed by atoms with Crippen molar-refractivity contribution in [1.29, 1.82) is 0 Å². The normalized spacial score (nSPS) is 32.1. The van der Waals surface area contributed by atoms with E-state index >= 15 is 0 Å². The second kappa shape index (κ2) is 2.96. The molecular weight excluding hydrogens is 178 g/mol. The Morgan fingerprint density at radius 1 is 1.36 bits per heavy atom. The molecule has 1 unspecified atom stereocenters. The lowest BCUT2D eigenvalue weighted by Crippen LogP contribution is -2.48. The van der Waals surface area contributed by atoms with Crippen LogP contribution >= 0.6 is 0 Å². The van der Waals surface area contributed by atoms with Gasteiger partial charge in [-0.05, 0) is 6.42 Å². The van der Waals surface area contributed by atoms with Gasteiger partial charge in [0.15, 0.2) is 0 Å². The molecule has 0 aromatic carbocycles. The molecule has 1 amide bonds. The molecule has 2 saturated heterocycles. The van der Waals surface area contributed by atoms with Crippen LogP contribution < -0.4 is 0 Å². The zero-order chi connectivity index (χ0) is 10.4. The minimum Gasteiger partial charge on any atom is -0.373 e. The van der Waals surface area contributed by atoms with E-state index in [1.807, 2.05) is 25.7 Å². The van der Waals surface area contributed by atoms with Gasteiger partial charge in [0.2, 0.25) is 5.91 Å². The molecule has 2 fully saturated rings. The van der Waals surface area contributed by atoms with Crippen LogP contribution in [0, 0.1) is 5.41 Å². The maximum atomic E-state index is 12.0. The Bertz CT molecular complexity index is 251. The van der Waals surface area contributed by atoms with Gasteiger partial charge in [-0.15, -0.1) is 0 Å². The summed E-state index contributed by atoms with van der Waals surface area (Å²) in [5.41, 5.74) is -0.212. The Morgan fingerprint density at radius 2 is 2.00 bits per heavy atom. The molecule has 14 heavy (non-hydrogen) atoms. The Labute approximate surface area is 85.4 Å². The van der Waals surface area contributed by atoms with E-state index in [0.29, 0.717) is 0 Å². The summed E-state index contributed by atoms with van der Waals surface area (Å²) in [6, 6.07) is 0. The molecule has 0 bridgehead atoms. The molecule has 1 atom stereocenters. The van der Waals surface area contributed by atoms with Crippen LogP contribution in [0.1, 0.15) is 33.6 Å². The molecule has 3 nitrogen and oxygen atoms in total. The van der Waals surface area contributed by atoms with Crippen LogP contribution in [0.25, 0.3) is 0 Å². The summed E-state index contributed by atoms with van der Waals surface area (Å²) in [5, 5.41) is 0. The van der Waals surface area contributed by atoms with Crippen LogP contribution in [0.15, 0.2) is 0 Å². The highest BCUT2D eigenvalue weighted by Crippen LogP contribution is 2.37. The van der Waals surface area contributed by atoms with Crippen molar-refractivity contribution in [2.24, 2.45) is 5.41 Å². The highest BCUT2D eigenvalue weighted by atomic mass is 16.5. The summed E-state index contributed by atoms with van der Waals surface area (Å²) in [6.45, 7) is 8.47. The van der Waals surface area contributed by atoms with E-state index in [4.69, 9.17) is 4.74 Å². The molecule has 2 aliphatic heterocycles. The number of hydrogen-bond donors (Lipinski definition) is 0. The van der Waals surface area contributed by atoms with Crippen molar-refractivity contribution in [3.8, 4) is 0 Å².